The molecule has 0 rings (SSSR count). The molecule has 0 aromatic carbocycles. The summed E-state index contributed by atoms with van der Waals surface area (Å²) < 4.78 is 0. The van der Waals surface area contributed by atoms with Crippen molar-refractivity contribution in [3.05, 3.63) is 0 Å². The van der Waals surface area contributed by atoms with Gasteiger partial charge in [-0.2, -0.15) is 0 Å². The van der Waals surface area contributed by atoms with Gasteiger partial charge < -0.3 is 10.4 Å². The van der Waals surface area contributed by atoms with E-state index in [1.54, 1.807) is 0 Å². The monoisotopic (exact) mass is 425 g/mol. The first-order chi connectivity index (χ1) is 14.8. The fourth-order valence-corrected chi connectivity index (χ4v) is 4.33. The van der Waals surface area contributed by atoms with Gasteiger partial charge in [0.2, 0.25) is 0 Å². The summed E-state index contributed by atoms with van der Waals surface area (Å²) in [4.78, 5) is 0. The fraction of sp³-hybridized carbons (Fsp3) is 1.00. The molecule has 0 heterocycles. The third-order valence-corrected chi connectivity index (χ3v) is 6.48. The third kappa shape index (κ3) is 26.0. The highest BCUT2D eigenvalue weighted by molar-refractivity contribution is 4.60. The molecule has 2 N–H and O–H groups in total. The quantitative estimate of drug-likeness (QED) is 0.135. The van der Waals surface area contributed by atoms with Crippen LogP contribution in [0.2, 0.25) is 0 Å². The van der Waals surface area contributed by atoms with Gasteiger partial charge in [-0.05, 0) is 19.4 Å². The van der Waals surface area contributed by atoms with E-state index in [1.165, 1.54) is 141 Å². The maximum absolute atomic E-state index is 10.1. The van der Waals surface area contributed by atoms with Crippen molar-refractivity contribution in [1.29, 1.82) is 0 Å². The van der Waals surface area contributed by atoms with Crippen molar-refractivity contribution in [3.8, 4) is 0 Å². The third-order valence-electron chi connectivity index (χ3n) is 6.48. The zero-order valence-corrected chi connectivity index (χ0v) is 21.2. The van der Waals surface area contributed by atoms with Crippen molar-refractivity contribution in [2.24, 2.45) is 0 Å². The Labute approximate surface area is 191 Å². The molecule has 0 bridgehead atoms. The average molecular weight is 426 g/mol. The first-order valence-corrected chi connectivity index (χ1v) is 14.2. The molecule has 30 heavy (non-hydrogen) atoms. The number of rotatable bonds is 26. The number of hydrogen-bond acceptors (Lipinski definition) is 2. The maximum Gasteiger partial charge on any atom is 0.0664 e. The van der Waals surface area contributed by atoms with Crippen molar-refractivity contribution in [2.45, 2.75) is 168 Å². The van der Waals surface area contributed by atoms with E-state index in [0.29, 0.717) is 0 Å². The largest absolute Gasteiger partial charge is 0.392 e. The van der Waals surface area contributed by atoms with Crippen molar-refractivity contribution in [2.75, 3.05) is 13.1 Å². The molecule has 0 aliphatic heterocycles. The zero-order valence-electron chi connectivity index (χ0n) is 21.2. The second kappa shape index (κ2) is 27.0. The lowest BCUT2D eigenvalue weighted by molar-refractivity contribution is 0.158. The Bertz CT molecular complexity index is 266. The van der Waals surface area contributed by atoms with Crippen LogP contribution in [0.3, 0.4) is 0 Å². The van der Waals surface area contributed by atoms with Crippen molar-refractivity contribution in [3.63, 3.8) is 0 Å². The molecule has 2 heteroatoms. The minimum Gasteiger partial charge on any atom is -0.392 e. The highest BCUT2D eigenvalue weighted by Gasteiger charge is 2.03. The fourth-order valence-electron chi connectivity index (χ4n) is 4.33. The summed E-state index contributed by atoms with van der Waals surface area (Å²) in [7, 11) is 0. The summed E-state index contributed by atoms with van der Waals surface area (Å²) >= 11 is 0. The van der Waals surface area contributed by atoms with E-state index in [2.05, 4.69) is 19.2 Å². The van der Waals surface area contributed by atoms with Crippen molar-refractivity contribution < 1.29 is 5.11 Å². The molecule has 0 radical (unpaired) electrons. The summed E-state index contributed by atoms with van der Waals surface area (Å²) in [6, 6.07) is 0. The van der Waals surface area contributed by atoms with Gasteiger partial charge in [0.25, 0.3) is 0 Å². The van der Waals surface area contributed by atoms with Crippen LogP contribution in [0.15, 0.2) is 0 Å². The van der Waals surface area contributed by atoms with Crippen LogP contribution in [0.4, 0.5) is 0 Å². The SMILES string of the molecule is CCCCCCCCCCCCCCC(O)CNCCCCCCCCCCCC. The minimum absolute atomic E-state index is 0.142. The van der Waals surface area contributed by atoms with Gasteiger partial charge in [0.1, 0.15) is 0 Å². The molecular formula is C28H59NO. The normalized spacial score (nSPS) is 12.5. The molecule has 0 aromatic heterocycles. The van der Waals surface area contributed by atoms with E-state index >= 15 is 0 Å². The summed E-state index contributed by atoms with van der Waals surface area (Å²) in [6.45, 7) is 6.43. The lowest BCUT2D eigenvalue weighted by Gasteiger charge is -2.11. The smallest absolute Gasteiger partial charge is 0.0664 e. The number of nitrogens with one attached hydrogen (secondary N) is 1. The Hall–Kier alpha value is -0.0800. The molecule has 0 aliphatic rings. The van der Waals surface area contributed by atoms with Crippen LogP contribution in [0, 0.1) is 0 Å². The van der Waals surface area contributed by atoms with Gasteiger partial charge in [-0.15, -0.1) is 0 Å². The van der Waals surface area contributed by atoms with Crippen LogP contribution >= 0.6 is 0 Å². The Morgan fingerprint density at radius 2 is 0.800 bits per heavy atom. The van der Waals surface area contributed by atoms with E-state index in [0.717, 1.165) is 19.5 Å². The zero-order chi connectivity index (χ0) is 22.0. The molecule has 1 unspecified atom stereocenters. The highest BCUT2D eigenvalue weighted by Crippen LogP contribution is 2.13. The van der Waals surface area contributed by atoms with Gasteiger partial charge in [0.05, 0.1) is 6.10 Å². The Kier molecular flexibility index (Phi) is 26.9. The Morgan fingerprint density at radius 1 is 0.467 bits per heavy atom. The molecular weight excluding hydrogens is 366 g/mol. The lowest BCUT2D eigenvalue weighted by Crippen LogP contribution is -2.27. The standard InChI is InChI=1S/C28H59NO/c1-3-5-7-9-11-13-15-16-17-19-21-23-25-28(30)27-29-26-24-22-20-18-14-12-10-8-6-4-2/h28-30H,3-27H2,1-2H3. The molecule has 0 spiro atoms. The summed E-state index contributed by atoms with van der Waals surface area (Å²) in [5, 5.41) is 13.6. The van der Waals surface area contributed by atoms with Crippen LogP contribution < -0.4 is 5.32 Å². The molecule has 0 saturated carbocycles. The number of aliphatic hydroxyl groups excluding tert-OH is 1. The molecule has 182 valence electrons. The van der Waals surface area contributed by atoms with Gasteiger partial charge in [-0.25, -0.2) is 0 Å². The first kappa shape index (κ1) is 29.9. The van der Waals surface area contributed by atoms with Gasteiger partial charge in [0.15, 0.2) is 0 Å². The van der Waals surface area contributed by atoms with Gasteiger partial charge in [-0.1, -0.05) is 149 Å². The average Bonchev–Trinajstić information content (AvgIpc) is 2.75. The van der Waals surface area contributed by atoms with Crippen LogP contribution in [-0.2, 0) is 0 Å². The Morgan fingerprint density at radius 3 is 1.20 bits per heavy atom. The van der Waals surface area contributed by atoms with E-state index in [-0.39, 0.29) is 6.10 Å². The highest BCUT2D eigenvalue weighted by atomic mass is 16.3. The summed E-state index contributed by atoms with van der Waals surface area (Å²) in [5.74, 6) is 0. The molecule has 0 saturated heterocycles. The first-order valence-electron chi connectivity index (χ1n) is 14.2. The molecule has 2 nitrogen and oxygen atoms in total. The predicted octanol–water partition coefficient (Wildman–Crippen LogP) is 8.95. The molecule has 0 aromatic rings. The van der Waals surface area contributed by atoms with Crippen LogP contribution in [0.25, 0.3) is 0 Å². The van der Waals surface area contributed by atoms with Crippen LogP contribution in [-0.4, -0.2) is 24.3 Å². The topological polar surface area (TPSA) is 32.3 Å². The summed E-state index contributed by atoms with van der Waals surface area (Å²) in [5.41, 5.74) is 0. The minimum atomic E-state index is -0.142. The molecule has 0 amide bonds. The van der Waals surface area contributed by atoms with Gasteiger partial charge >= 0.3 is 0 Å². The van der Waals surface area contributed by atoms with Crippen LogP contribution in [0.1, 0.15) is 162 Å². The predicted molar refractivity (Wildman–Crippen MR) is 136 cm³/mol. The van der Waals surface area contributed by atoms with Gasteiger partial charge in [0, 0.05) is 6.54 Å². The second-order valence-corrected chi connectivity index (χ2v) is 9.72. The van der Waals surface area contributed by atoms with E-state index < -0.39 is 0 Å². The Balaban J connectivity index is 3.13. The van der Waals surface area contributed by atoms with Crippen molar-refractivity contribution >= 4 is 0 Å². The number of aliphatic hydroxyl groups is 1. The second-order valence-electron chi connectivity index (χ2n) is 9.72. The molecule has 1 atom stereocenters. The number of unbranched alkanes of at least 4 members (excludes halogenated alkanes) is 20. The number of hydrogen-bond donors (Lipinski definition) is 2. The lowest BCUT2D eigenvalue weighted by atomic mass is 10.0. The molecule has 0 fully saturated rings. The van der Waals surface area contributed by atoms with E-state index in [9.17, 15) is 5.11 Å². The molecule has 0 aliphatic carbocycles. The van der Waals surface area contributed by atoms with Gasteiger partial charge in [-0.3, -0.25) is 0 Å². The van der Waals surface area contributed by atoms with E-state index in [4.69, 9.17) is 0 Å². The maximum atomic E-state index is 10.1. The van der Waals surface area contributed by atoms with Crippen LogP contribution in [0.5, 0.6) is 0 Å². The van der Waals surface area contributed by atoms with E-state index in [1.807, 2.05) is 0 Å². The van der Waals surface area contributed by atoms with Crippen molar-refractivity contribution in [1.82, 2.24) is 5.32 Å². The summed E-state index contributed by atoms with van der Waals surface area (Å²) in [6.07, 6.45) is 31.3.